The van der Waals surface area contributed by atoms with E-state index in [2.05, 4.69) is 5.32 Å². The van der Waals surface area contributed by atoms with Gasteiger partial charge in [0.15, 0.2) is 0 Å². The van der Waals surface area contributed by atoms with Crippen LogP contribution in [-0.2, 0) is 22.8 Å². The minimum atomic E-state index is -5.29. The molecule has 0 aliphatic carbocycles. The molecule has 1 atom stereocenters. The number of nitrogens with one attached hydrogen (secondary N) is 2. The fourth-order valence-corrected chi connectivity index (χ4v) is 4.63. The molecule has 0 spiro atoms. The van der Waals surface area contributed by atoms with Crippen molar-refractivity contribution in [2.75, 3.05) is 6.54 Å². The third-order valence-corrected chi connectivity index (χ3v) is 6.33. The van der Waals surface area contributed by atoms with Gasteiger partial charge in [-0.1, -0.05) is 17.7 Å². The van der Waals surface area contributed by atoms with Crippen LogP contribution in [-0.4, -0.2) is 34.0 Å². The van der Waals surface area contributed by atoms with Gasteiger partial charge in [-0.25, -0.2) is 8.78 Å². The molecule has 2 aromatic carbocycles. The highest BCUT2D eigenvalue weighted by Crippen LogP contribution is 2.42. The molecule has 41 heavy (non-hydrogen) atoms. The van der Waals surface area contributed by atoms with Crippen LogP contribution in [0.1, 0.15) is 50.6 Å². The highest BCUT2D eigenvalue weighted by molar-refractivity contribution is 5.96. The Morgan fingerprint density at radius 2 is 1.63 bits per heavy atom. The molecule has 1 unspecified atom stereocenters. The van der Waals surface area contributed by atoms with Gasteiger partial charge in [0, 0.05) is 24.4 Å². The molecular weight excluding hydrogens is 553 g/mol. The molecule has 3 aromatic rings. The first-order chi connectivity index (χ1) is 19.0. The number of pyridine rings is 1. The van der Waals surface area contributed by atoms with Gasteiger partial charge in [-0.2, -0.15) is 13.2 Å². The standard InChI is InChI=1S/C28H26F5N3O5/c1-13-8-14(2)22(15(3)9-13)17-10-18(28(31,32)33)25(30)23(24(17)29)19(11-21(38)39)35-20(37)12-34-26(40)16-6-5-7-36(4)27(16)41/h5-10,19H,11-12H2,1-4H3,(H,34,40)(H,35,37)(H,38,39). The molecule has 0 radical (unpaired) electrons. The molecule has 2 amide bonds. The Morgan fingerprint density at radius 3 is 2.20 bits per heavy atom. The van der Waals surface area contributed by atoms with Crippen LogP contribution in [0.4, 0.5) is 22.0 Å². The van der Waals surface area contributed by atoms with Gasteiger partial charge in [0.05, 0.1) is 24.6 Å². The summed E-state index contributed by atoms with van der Waals surface area (Å²) in [5.74, 6) is -7.37. The maximum Gasteiger partial charge on any atom is 0.419 e. The van der Waals surface area contributed by atoms with Crippen LogP contribution in [0.3, 0.4) is 0 Å². The number of hydrogen-bond donors (Lipinski definition) is 3. The smallest absolute Gasteiger partial charge is 0.419 e. The number of carboxylic acid groups (broad SMARTS) is 1. The van der Waals surface area contributed by atoms with Crippen LogP contribution in [0.15, 0.2) is 41.3 Å². The van der Waals surface area contributed by atoms with Crippen LogP contribution in [0.25, 0.3) is 11.1 Å². The van der Waals surface area contributed by atoms with E-state index in [0.29, 0.717) is 17.2 Å². The lowest BCUT2D eigenvalue weighted by Crippen LogP contribution is -2.41. The Morgan fingerprint density at radius 1 is 1.02 bits per heavy atom. The average Bonchev–Trinajstić information content (AvgIpc) is 2.83. The number of halogens is 5. The van der Waals surface area contributed by atoms with Crippen molar-refractivity contribution in [2.24, 2.45) is 7.05 Å². The summed E-state index contributed by atoms with van der Waals surface area (Å²) in [6, 6.07) is 4.00. The van der Waals surface area contributed by atoms with Crippen molar-refractivity contribution in [3.63, 3.8) is 0 Å². The lowest BCUT2D eigenvalue weighted by molar-refractivity contribution is -0.140. The molecule has 0 fully saturated rings. The van der Waals surface area contributed by atoms with Gasteiger partial charge in [0.25, 0.3) is 11.5 Å². The predicted molar refractivity (Wildman–Crippen MR) is 138 cm³/mol. The van der Waals surface area contributed by atoms with Crippen molar-refractivity contribution >= 4 is 17.8 Å². The second-order valence-electron chi connectivity index (χ2n) is 9.52. The van der Waals surface area contributed by atoms with Crippen LogP contribution in [0.5, 0.6) is 0 Å². The highest BCUT2D eigenvalue weighted by atomic mass is 19.4. The fraction of sp³-hybridized carbons (Fsp3) is 0.286. The van der Waals surface area contributed by atoms with Crippen molar-refractivity contribution in [3.8, 4) is 11.1 Å². The Labute approximate surface area is 230 Å². The third kappa shape index (κ3) is 6.79. The van der Waals surface area contributed by atoms with Crippen LogP contribution in [0, 0.1) is 32.4 Å². The van der Waals surface area contributed by atoms with Gasteiger partial charge in [-0.3, -0.25) is 19.2 Å². The highest BCUT2D eigenvalue weighted by Gasteiger charge is 2.40. The van der Waals surface area contributed by atoms with E-state index < -0.39 is 76.9 Å². The van der Waals surface area contributed by atoms with E-state index in [1.807, 2.05) is 5.32 Å². The molecule has 218 valence electrons. The minimum Gasteiger partial charge on any atom is -0.481 e. The largest absolute Gasteiger partial charge is 0.481 e. The zero-order valence-electron chi connectivity index (χ0n) is 22.4. The molecule has 0 aliphatic heterocycles. The quantitative estimate of drug-likeness (QED) is 0.344. The van der Waals surface area contributed by atoms with E-state index >= 15 is 8.78 Å². The number of alkyl halides is 3. The second-order valence-corrected chi connectivity index (χ2v) is 9.52. The maximum atomic E-state index is 16.0. The second kappa shape index (κ2) is 11.9. The summed E-state index contributed by atoms with van der Waals surface area (Å²) in [6.45, 7) is 3.91. The summed E-state index contributed by atoms with van der Waals surface area (Å²) in [7, 11) is 1.38. The number of carbonyl (C=O) groups is 3. The SMILES string of the molecule is Cc1cc(C)c(-c2cc(C(F)(F)F)c(F)c(C(CC(=O)O)NC(=O)CNC(=O)c3cccn(C)c3=O)c2F)c(C)c1. The molecule has 8 nitrogen and oxygen atoms in total. The van der Waals surface area contributed by atoms with Crippen LogP contribution in [0.2, 0.25) is 0 Å². The fourth-order valence-electron chi connectivity index (χ4n) is 4.63. The predicted octanol–water partition coefficient (Wildman–Crippen LogP) is 4.34. The topological polar surface area (TPSA) is 118 Å². The lowest BCUT2D eigenvalue weighted by atomic mass is 9.88. The first kappa shape index (κ1) is 31.0. The number of aliphatic carboxylic acids is 1. The van der Waals surface area contributed by atoms with Gasteiger partial charge >= 0.3 is 12.1 Å². The average molecular weight is 580 g/mol. The van der Waals surface area contributed by atoms with Crippen molar-refractivity contribution in [1.29, 1.82) is 0 Å². The van der Waals surface area contributed by atoms with Gasteiger partial charge in [0.1, 0.15) is 17.2 Å². The minimum absolute atomic E-state index is 0.0527. The lowest BCUT2D eigenvalue weighted by Gasteiger charge is -2.24. The van der Waals surface area contributed by atoms with E-state index in [0.717, 1.165) is 10.1 Å². The molecule has 3 N–H and O–H groups in total. The van der Waals surface area contributed by atoms with E-state index in [1.54, 1.807) is 19.1 Å². The van der Waals surface area contributed by atoms with Gasteiger partial charge in [0.2, 0.25) is 5.91 Å². The van der Waals surface area contributed by atoms with Crippen molar-refractivity contribution in [1.82, 2.24) is 15.2 Å². The molecule has 0 saturated heterocycles. The first-order valence-electron chi connectivity index (χ1n) is 12.1. The Balaban J connectivity index is 2.07. The summed E-state index contributed by atoms with van der Waals surface area (Å²) < 4.78 is 74.1. The van der Waals surface area contributed by atoms with Crippen molar-refractivity contribution in [2.45, 2.75) is 39.4 Å². The van der Waals surface area contributed by atoms with Gasteiger partial charge in [-0.15, -0.1) is 0 Å². The monoisotopic (exact) mass is 579 g/mol. The molecule has 3 rings (SSSR count). The maximum absolute atomic E-state index is 16.0. The summed E-state index contributed by atoms with van der Waals surface area (Å²) >= 11 is 0. The number of aryl methyl sites for hydroxylation is 4. The Hall–Kier alpha value is -4.55. The molecular formula is C28H26F5N3O5. The third-order valence-electron chi connectivity index (χ3n) is 6.33. The summed E-state index contributed by atoms with van der Waals surface area (Å²) in [5.41, 5.74) is -3.20. The molecule has 13 heteroatoms. The number of nitrogens with zero attached hydrogens (tertiary/aromatic N) is 1. The zero-order valence-corrected chi connectivity index (χ0v) is 22.4. The number of rotatable bonds is 8. The van der Waals surface area contributed by atoms with Gasteiger partial charge < -0.3 is 20.3 Å². The van der Waals surface area contributed by atoms with E-state index in [-0.39, 0.29) is 11.1 Å². The molecule has 0 aliphatic rings. The molecule has 0 bridgehead atoms. The van der Waals surface area contributed by atoms with Gasteiger partial charge in [-0.05, 0) is 55.7 Å². The van der Waals surface area contributed by atoms with Crippen LogP contribution >= 0.6 is 0 Å². The zero-order chi connectivity index (χ0) is 30.8. The van der Waals surface area contributed by atoms with E-state index in [9.17, 15) is 37.5 Å². The number of benzene rings is 2. The summed E-state index contributed by atoms with van der Waals surface area (Å²) in [4.78, 5) is 48.7. The number of carbonyl (C=O) groups excluding carboxylic acids is 2. The number of carboxylic acids is 1. The molecule has 1 heterocycles. The van der Waals surface area contributed by atoms with E-state index in [4.69, 9.17) is 0 Å². The summed E-state index contributed by atoms with van der Waals surface area (Å²) in [6.07, 6.45) is -5.09. The van der Waals surface area contributed by atoms with Crippen molar-refractivity contribution < 1.29 is 41.4 Å². The number of hydrogen-bond acceptors (Lipinski definition) is 4. The van der Waals surface area contributed by atoms with E-state index in [1.165, 1.54) is 39.2 Å². The number of aromatic nitrogens is 1. The molecule has 0 saturated carbocycles. The van der Waals surface area contributed by atoms with Crippen molar-refractivity contribution in [3.05, 3.63) is 91.9 Å². The Bertz CT molecular complexity index is 1570. The summed E-state index contributed by atoms with van der Waals surface area (Å²) in [5, 5.41) is 13.5. The molecule has 1 aromatic heterocycles. The van der Waals surface area contributed by atoms with Crippen LogP contribution < -0.4 is 16.2 Å². The first-order valence-corrected chi connectivity index (χ1v) is 12.1. The normalized spacial score (nSPS) is 12.1. The number of amides is 2. The Kier molecular flexibility index (Phi) is 9.00.